The zero-order valence-corrected chi connectivity index (χ0v) is 10.3. The van der Waals surface area contributed by atoms with Gasteiger partial charge in [0.15, 0.2) is 0 Å². The Labute approximate surface area is 101 Å². The van der Waals surface area contributed by atoms with Crippen molar-refractivity contribution in [3.8, 4) is 5.75 Å². The number of nitrogens with two attached hydrogens (primary N) is 1. The standard InChI is InChI=1S/C13H17N3O/c1-8(2)17-9-4-5-12-10(6-9)13(15-3)11(14)7-16-12/h4-8H,14H2,1-3H3,(H,15,16). The van der Waals surface area contributed by atoms with E-state index in [4.69, 9.17) is 10.5 Å². The third-order valence-electron chi connectivity index (χ3n) is 2.49. The molecule has 0 unspecified atom stereocenters. The summed E-state index contributed by atoms with van der Waals surface area (Å²) in [5, 5.41) is 4.08. The first kappa shape index (κ1) is 11.5. The molecule has 17 heavy (non-hydrogen) atoms. The lowest BCUT2D eigenvalue weighted by Crippen LogP contribution is -2.05. The number of nitrogen functional groups attached to an aromatic ring is 1. The van der Waals surface area contributed by atoms with Crippen molar-refractivity contribution < 1.29 is 4.74 Å². The molecule has 2 aromatic rings. The van der Waals surface area contributed by atoms with Crippen LogP contribution in [0.4, 0.5) is 11.4 Å². The second kappa shape index (κ2) is 4.49. The molecule has 0 fully saturated rings. The van der Waals surface area contributed by atoms with Gasteiger partial charge in [0.05, 0.1) is 29.2 Å². The molecule has 0 saturated carbocycles. The number of aromatic nitrogens is 1. The Kier molecular flexibility index (Phi) is 3.04. The summed E-state index contributed by atoms with van der Waals surface area (Å²) < 4.78 is 5.67. The maximum absolute atomic E-state index is 5.88. The molecule has 0 aliphatic rings. The fourth-order valence-electron chi connectivity index (χ4n) is 1.81. The van der Waals surface area contributed by atoms with E-state index in [-0.39, 0.29) is 6.10 Å². The molecule has 1 aromatic carbocycles. The van der Waals surface area contributed by atoms with E-state index in [1.54, 1.807) is 6.20 Å². The molecule has 0 saturated heterocycles. The van der Waals surface area contributed by atoms with Crippen molar-refractivity contribution in [1.82, 2.24) is 4.98 Å². The van der Waals surface area contributed by atoms with Crippen LogP contribution < -0.4 is 15.8 Å². The van der Waals surface area contributed by atoms with Gasteiger partial charge >= 0.3 is 0 Å². The van der Waals surface area contributed by atoms with Crippen LogP contribution in [0.3, 0.4) is 0 Å². The predicted molar refractivity (Wildman–Crippen MR) is 71.5 cm³/mol. The first-order valence-electron chi connectivity index (χ1n) is 5.64. The van der Waals surface area contributed by atoms with E-state index in [1.165, 1.54) is 0 Å². The molecule has 4 heteroatoms. The van der Waals surface area contributed by atoms with Crippen molar-refractivity contribution in [3.63, 3.8) is 0 Å². The van der Waals surface area contributed by atoms with Gasteiger partial charge in [-0.05, 0) is 32.0 Å². The molecule has 0 aliphatic carbocycles. The minimum atomic E-state index is 0.152. The molecule has 0 aliphatic heterocycles. The number of nitrogens with zero attached hydrogens (tertiary/aromatic N) is 1. The smallest absolute Gasteiger partial charge is 0.120 e. The lowest BCUT2D eigenvalue weighted by Gasteiger charge is -2.12. The summed E-state index contributed by atoms with van der Waals surface area (Å²) in [5.41, 5.74) is 8.32. The Bertz CT molecular complexity index is 537. The molecule has 1 heterocycles. The number of anilines is 2. The SMILES string of the molecule is CNc1c(N)cnc2ccc(OC(C)C)cc12. The third-order valence-corrected chi connectivity index (χ3v) is 2.49. The second-order valence-electron chi connectivity index (χ2n) is 4.18. The Morgan fingerprint density at radius 1 is 1.35 bits per heavy atom. The Morgan fingerprint density at radius 2 is 2.12 bits per heavy atom. The van der Waals surface area contributed by atoms with Crippen LogP contribution in [0.1, 0.15) is 13.8 Å². The van der Waals surface area contributed by atoms with Crippen molar-refractivity contribution in [1.29, 1.82) is 0 Å². The second-order valence-corrected chi connectivity index (χ2v) is 4.18. The van der Waals surface area contributed by atoms with E-state index < -0.39 is 0 Å². The first-order chi connectivity index (χ1) is 8.11. The Hall–Kier alpha value is -1.97. The molecule has 0 spiro atoms. The number of fused-ring (bicyclic) bond motifs is 1. The van der Waals surface area contributed by atoms with Crippen LogP contribution in [0, 0.1) is 0 Å². The Morgan fingerprint density at radius 3 is 2.76 bits per heavy atom. The highest BCUT2D eigenvalue weighted by molar-refractivity contribution is 5.97. The van der Waals surface area contributed by atoms with Gasteiger partial charge in [-0.25, -0.2) is 0 Å². The first-order valence-corrected chi connectivity index (χ1v) is 5.64. The third kappa shape index (κ3) is 2.25. The normalized spacial score (nSPS) is 10.8. The molecular formula is C13H17N3O. The number of hydrogen-bond acceptors (Lipinski definition) is 4. The van der Waals surface area contributed by atoms with E-state index >= 15 is 0 Å². The molecule has 2 rings (SSSR count). The van der Waals surface area contributed by atoms with Gasteiger partial charge in [-0.2, -0.15) is 0 Å². The molecular weight excluding hydrogens is 214 g/mol. The van der Waals surface area contributed by atoms with Gasteiger partial charge in [-0.3, -0.25) is 4.98 Å². The van der Waals surface area contributed by atoms with Crippen molar-refractivity contribution in [2.45, 2.75) is 20.0 Å². The zero-order chi connectivity index (χ0) is 12.4. The maximum atomic E-state index is 5.88. The summed E-state index contributed by atoms with van der Waals surface area (Å²) in [6.07, 6.45) is 1.82. The summed E-state index contributed by atoms with van der Waals surface area (Å²) in [5.74, 6) is 0.830. The monoisotopic (exact) mass is 231 g/mol. The maximum Gasteiger partial charge on any atom is 0.120 e. The molecule has 0 atom stereocenters. The molecule has 1 aromatic heterocycles. The minimum absolute atomic E-state index is 0.152. The fraction of sp³-hybridized carbons (Fsp3) is 0.308. The van der Waals surface area contributed by atoms with Crippen molar-refractivity contribution in [3.05, 3.63) is 24.4 Å². The van der Waals surface area contributed by atoms with Gasteiger partial charge in [0.25, 0.3) is 0 Å². The summed E-state index contributed by atoms with van der Waals surface area (Å²) >= 11 is 0. The molecule has 0 bridgehead atoms. The highest BCUT2D eigenvalue weighted by Gasteiger charge is 2.07. The summed E-state index contributed by atoms with van der Waals surface area (Å²) in [6, 6.07) is 5.82. The number of pyridine rings is 1. The van der Waals surface area contributed by atoms with E-state index in [2.05, 4.69) is 10.3 Å². The van der Waals surface area contributed by atoms with Crippen LogP contribution in [-0.2, 0) is 0 Å². The quantitative estimate of drug-likeness (QED) is 0.852. The average Bonchev–Trinajstić information content (AvgIpc) is 2.28. The van der Waals surface area contributed by atoms with Gasteiger partial charge in [0, 0.05) is 12.4 Å². The largest absolute Gasteiger partial charge is 0.491 e. The Balaban J connectivity index is 2.57. The van der Waals surface area contributed by atoms with Gasteiger partial charge in [0.2, 0.25) is 0 Å². The van der Waals surface area contributed by atoms with Crippen molar-refractivity contribution >= 4 is 22.3 Å². The lowest BCUT2D eigenvalue weighted by molar-refractivity contribution is 0.243. The topological polar surface area (TPSA) is 60.2 Å². The number of ether oxygens (including phenoxy) is 1. The summed E-state index contributed by atoms with van der Waals surface area (Å²) in [6.45, 7) is 4.00. The van der Waals surface area contributed by atoms with Crippen LogP contribution in [0.5, 0.6) is 5.75 Å². The van der Waals surface area contributed by atoms with Gasteiger partial charge in [-0.1, -0.05) is 0 Å². The molecule has 3 N–H and O–H groups in total. The molecule has 0 radical (unpaired) electrons. The van der Waals surface area contributed by atoms with Gasteiger partial charge in [-0.15, -0.1) is 0 Å². The number of rotatable bonds is 3. The van der Waals surface area contributed by atoms with E-state index in [0.29, 0.717) is 5.69 Å². The highest BCUT2D eigenvalue weighted by atomic mass is 16.5. The van der Waals surface area contributed by atoms with Crippen LogP contribution in [0.25, 0.3) is 10.9 Å². The van der Waals surface area contributed by atoms with E-state index in [0.717, 1.165) is 22.3 Å². The predicted octanol–water partition coefficient (Wildman–Crippen LogP) is 2.65. The average molecular weight is 231 g/mol. The summed E-state index contributed by atoms with van der Waals surface area (Å²) in [7, 11) is 1.85. The van der Waals surface area contributed by atoms with Crippen LogP contribution in [0.15, 0.2) is 24.4 Å². The number of nitrogens with one attached hydrogen (secondary N) is 1. The van der Waals surface area contributed by atoms with Crippen LogP contribution in [-0.4, -0.2) is 18.1 Å². The zero-order valence-electron chi connectivity index (χ0n) is 10.3. The minimum Gasteiger partial charge on any atom is -0.491 e. The lowest BCUT2D eigenvalue weighted by atomic mass is 10.1. The van der Waals surface area contributed by atoms with Crippen molar-refractivity contribution in [2.75, 3.05) is 18.1 Å². The number of benzene rings is 1. The van der Waals surface area contributed by atoms with Gasteiger partial charge < -0.3 is 15.8 Å². The molecule has 0 amide bonds. The van der Waals surface area contributed by atoms with E-state index in [9.17, 15) is 0 Å². The fourth-order valence-corrected chi connectivity index (χ4v) is 1.81. The highest BCUT2D eigenvalue weighted by Crippen LogP contribution is 2.30. The summed E-state index contributed by atoms with van der Waals surface area (Å²) in [4.78, 5) is 4.29. The van der Waals surface area contributed by atoms with Gasteiger partial charge in [0.1, 0.15) is 5.75 Å². The van der Waals surface area contributed by atoms with Crippen LogP contribution >= 0.6 is 0 Å². The number of hydrogen-bond donors (Lipinski definition) is 2. The van der Waals surface area contributed by atoms with Crippen molar-refractivity contribution in [2.24, 2.45) is 0 Å². The molecule has 4 nitrogen and oxygen atoms in total. The van der Waals surface area contributed by atoms with Crippen LogP contribution in [0.2, 0.25) is 0 Å². The molecule has 90 valence electrons. The van der Waals surface area contributed by atoms with E-state index in [1.807, 2.05) is 39.1 Å².